The van der Waals surface area contributed by atoms with Gasteiger partial charge in [-0.3, -0.25) is 4.99 Å². The molecule has 14 heavy (non-hydrogen) atoms. The van der Waals surface area contributed by atoms with Gasteiger partial charge in [0.05, 0.1) is 0 Å². The summed E-state index contributed by atoms with van der Waals surface area (Å²) in [6.07, 6.45) is 0.842. The summed E-state index contributed by atoms with van der Waals surface area (Å²) in [5, 5.41) is 8.54. The summed E-state index contributed by atoms with van der Waals surface area (Å²) < 4.78 is 0. The van der Waals surface area contributed by atoms with E-state index in [2.05, 4.69) is 15.7 Å². The molecule has 0 aromatic rings. The minimum atomic E-state index is -0.853. The molecule has 0 aromatic carbocycles. The topological polar surface area (TPSA) is 149 Å². The van der Waals surface area contributed by atoms with Crippen molar-refractivity contribution >= 4 is 11.9 Å². The van der Waals surface area contributed by atoms with Gasteiger partial charge in [0.1, 0.15) is 6.04 Å². The highest BCUT2D eigenvalue weighted by Gasteiger charge is 2.17. The van der Waals surface area contributed by atoms with Crippen molar-refractivity contribution in [3.63, 3.8) is 0 Å². The van der Waals surface area contributed by atoms with E-state index in [1.165, 1.54) is 0 Å². The maximum atomic E-state index is 10.8. The average Bonchev–Trinajstić information content (AvgIpc) is 2.16. The molecule has 0 radical (unpaired) electrons. The van der Waals surface area contributed by atoms with E-state index >= 15 is 0 Å². The van der Waals surface area contributed by atoms with Crippen molar-refractivity contribution in [1.29, 1.82) is 0 Å². The maximum absolute atomic E-state index is 10.8. The zero-order chi connectivity index (χ0) is 11.0. The van der Waals surface area contributed by atoms with Gasteiger partial charge < -0.3 is 21.5 Å². The number of nitrogens with zero attached hydrogens (tertiary/aromatic N) is 1. The van der Waals surface area contributed by atoms with Crippen LogP contribution in [0.15, 0.2) is 4.99 Å². The van der Waals surface area contributed by atoms with Gasteiger partial charge >= 0.3 is 5.97 Å². The largest absolute Gasteiger partial charge is 0.372 e. The fourth-order valence-corrected chi connectivity index (χ4v) is 0.821. The van der Waals surface area contributed by atoms with Crippen LogP contribution in [-0.2, 0) is 9.63 Å². The van der Waals surface area contributed by atoms with E-state index in [1.54, 1.807) is 5.48 Å². The van der Waals surface area contributed by atoms with Crippen molar-refractivity contribution in [3.8, 4) is 0 Å². The first-order valence-corrected chi connectivity index (χ1v) is 3.97. The Morgan fingerprint density at radius 1 is 1.57 bits per heavy atom. The lowest BCUT2D eigenvalue weighted by Gasteiger charge is -2.10. The molecule has 0 fully saturated rings. The number of nitrogens with two attached hydrogens (primary N) is 3. The third kappa shape index (κ3) is 5.30. The van der Waals surface area contributed by atoms with Gasteiger partial charge in [-0.25, -0.2) is 4.79 Å². The van der Waals surface area contributed by atoms with Gasteiger partial charge in [-0.05, 0) is 12.8 Å². The summed E-state index contributed by atoms with van der Waals surface area (Å²) in [6, 6.07) is -0.853. The summed E-state index contributed by atoms with van der Waals surface area (Å²) in [7, 11) is 0. The molecule has 0 unspecified atom stereocenters. The molecule has 0 heterocycles. The number of nitrogens with one attached hydrogen (secondary N) is 1. The molecule has 0 saturated carbocycles. The van der Waals surface area contributed by atoms with Crippen molar-refractivity contribution in [2.75, 3.05) is 6.54 Å². The smallest absolute Gasteiger partial charge is 0.343 e. The van der Waals surface area contributed by atoms with E-state index in [4.69, 9.17) is 16.7 Å². The normalized spacial score (nSPS) is 11.9. The number of rotatable bonds is 6. The van der Waals surface area contributed by atoms with Crippen LogP contribution in [0.25, 0.3) is 0 Å². The van der Waals surface area contributed by atoms with Gasteiger partial charge in [-0.15, -0.1) is 0 Å². The standard InChI is InChI=1S/C6H15N5O3/c7-6(8)10-3-1-2-4(11-13)5(12)14-9/h4,11,13H,1-3,9H2,(H4,7,8,10)/t4-/m0/s1. The van der Waals surface area contributed by atoms with Gasteiger partial charge in [-0.2, -0.15) is 11.4 Å². The second kappa shape index (κ2) is 7.06. The Kier molecular flexibility index (Phi) is 6.37. The minimum Gasteiger partial charge on any atom is -0.372 e. The molecule has 0 aromatic heterocycles. The van der Waals surface area contributed by atoms with Crippen LogP contribution in [0.4, 0.5) is 0 Å². The molecule has 8 heteroatoms. The van der Waals surface area contributed by atoms with E-state index in [0.717, 1.165) is 0 Å². The third-order valence-electron chi connectivity index (χ3n) is 1.50. The fourth-order valence-electron chi connectivity index (χ4n) is 0.821. The van der Waals surface area contributed by atoms with Crippen LogP contribution in [0.2, 0.25) is 0 Å². The van der Waals surface area contributed by atoms with E-state index in [0.29, 0.717) is 19.4 Å². The van der Waals surface area contributed by atoms with E-state index < -0.39 is 12.0 Å². The number of hydrogen-bond donors (Lipinski definition) is 5. The van der Waals surface area contributed by atoms with Gasteiger partial charge in [-0.1, -0.05) is 0 Å². The van der Waals surface area contributed by atoms with Crippen LogP contribution < -0.4 is 22.8 Å². The molecule has 0 aliphatic carbocycles. The summed E-state index contributed by atoms with van der Waals surface area (Å²) in [6.45, 7) is 0.373. The van der Waals surface area contributed by atoms with E-state index in [-0.39, 0.29) is 5.96 Å². The number of aliphatic imine (C=N–C) groups is 1. The van der Waals surface area contributed by atoms with Crippen LogP contribution in [0.5, 0.6) is 0 Å². The summed E-state index contributed by atoms with van der Waals surface area (Å²) in [4.78, 5) is 18.4. The van der Waals surface area contributed by atoms with E-state index in [9.17, 15) is 4.79 Å². The molecular weight excluding hydrogens is 190 g/mol. The maximum Gasteiger partial charge on any atom is 0.343 e. The molecule has 1 atom stereocenters. The van der Waals surface area contributed by atoms with Crippen LogP contribution in [0, 0.1) is 0 Å². The lowest BCUT2D eigenvalue weighted by molar-refractivity contribution is -0.149. The molecule has 82 valence electrons. The SMILES string of the molecule is NOC(=O)[C@H](CCCN=C(N)N)NO. The Hall–Kier alpha value is -1.38. The molecule has 0 amide bonds. The highest BCUT2D eigenvalue weighted by molar-refractivity contribution is 5.76. The predicted molar refractivity (Wildman–Crippen MR) is 48.9 cm³/mol. The number of carbonyl (C=O) groups is 1. The molecule has 0 rings (SSSR count). The molecule has 0 spiro atoms. The fraction of sp³-hybridized carbons (Fsp3) is 0.667. The lowest BCUT2D eigenvalue weighted by Crippen LogP contribution is -2.37. The van der Waals surface area contributed by atoms with Crippen LogP contribution in [0.1, 0.15) is 12.8 Å². The molecule has 8 N–H and O–H groups in total. The number of guanidine groups is 1. The molecule has 8 nitrogen and oxygen atoms in total. The first-order chi connectivity index (χ1) is 6.61. The van der Waals surface area contributed by atoms with Crippen molar-refractivity contribution < 1.29 is 14.8 Å². The van der Waals surface area contributed by atoms with E-state index in [1.807, 2.05) is 0 Å². The van der Waals surface area contributed by atoms with Gasteiger partial charge in [0.15, 0.2) is 5.96 Å². The molecule has 0 aliphatic rings. The average molecular weight is 205 g/mol. The predicted octanol–water partition coefficient (Wildman–Crippen LogP) is -2.20. The van der Waals surface area contributed by atoms with Crippen molar-refractivity contribution in [2.45, 2.75) is 18.9 Å². The molecule has 0 saturated heterocycles. The highest BCUT2D eigenvalue weighted by Crippen LogP contribution is 1.98. The second-order valence-corrected chi connectivity index (χ2v) is 2.57. The quantitative estimate of drug-likeness (QED) is 0.143. The van der Waals surface area contributed by atoms with Gasteiger partial charge in [0.25, 0.3) is 0 Å². The number of hydroxylamine groups is 1. The minimum absolute atomic E-state index is 0.0140. The monoisotopic (exact) mass is 205 g/mol. The number of hydrogen-bond acceptors (Lipinski definition) is 6. The van der Waals surface area contributed by atoms with Gasteiger partial charge in [0.2, 0.25) is 0 Å². The molecule has 0 aliphatic heterocycles. The highest BCUT2D eigenvalue weighted by atomic mass is 16.7. The number of carbonyl (C=O) groups excluding carboxylic acids is 1. The zero-order valence-corrected chi connectivity index (χ0v) is 7.64. The Morgan fingerprint density at radius 2 is 2.21 bits per heavy atom. The first-order valence-electron chi connectivity index (χ1n) is 3.97. The summed E-state index contributed by atoms with van der Waals surface area (Å²) in [5.74, 6) is 3.88. The van der Waals surface area contributed by atoms with Gasteiger partial charge in [0, 0.05) is 6.54 Å². The Morgan fingerprint density at radius 3 is 2.64 bits per heavy atom. The van der Waals surface area contributed by atoms with Crippen molar-refractivity contribution in [3.05, 3.63) is 0 Å². The Bertz CT molecular complexity index is 204. The summed E-state index contributed by atoms with van der Waals surface area (Å²) in [5.41, 5.74) is 11.9. The molecule has 0 bridgehead atoms. The Balaban J connectivity index is 3.74. The van der Waals surface area contributed by atoms with Crippen molar-refractivity contribution in [1.82, 2.24) is 5.48 Å². The van der Waals surface area contributed by atoms with Crippen LogP contribution in [-0.4, -0.2) is 29.7 Å². The lowest BCUT2D eigenvalue weighted by atomic mass is 10.2. The first kappa shape index (κ1) is 12.6. The second-order valence-electron chi connectivity index (χ2n) is 2.57. The van der Waals surface area contributed by atoms with Crippen LogP contribution >= 0.6 is 0 Å². The molecular formula is C6H15N5O3. The van der Waals surface area contributed by atoms with Crippen molar-refractivity contribution in [2.24, 2.45) is 22.4 Å². The summed E-state index contributed by atoms with van der Waals surface area (Å²) >= 11 is 0. The van der Waals surface area contributed by atoms with Crippen LogP contribution in [0.3, 0.4) is 0 Å². The Labute approximate surface area is 81.0 Å². The zero-order valence-electron chi connectivity index (χ0n) is 7.64. The third-order valence-corrected chi connectivity index (χ3v) is 1.50.